The first kappa shape index (κ1) is 8.97. The molecule has 14 heavy (non-hydrogen) atoms. The van der Waals surface area contributed by atoms with Crippen LogP contribution in [0.1, 0.15) is 23.3 Å². The maximum Gasteiger partial charge on any atom is 0.215 e. The molecule has 3 nitrogen and oxygen atoms in total. The van der Waals surface area contributed by atoms with E-state index in [1.165, 1.54) is 0 Å². The maximum atomic E-state index is 5.97. The summed E-state index contributed by atoms with van der Waals surface area (Å²) in [4.78, 5) is 4.10. The van der Waals surface area contributed by atoms with E-state index in [-0.39, 0.29) is 6.04 Å². The van der Waals surface area contributed by atoms with Crippen molar-refractivity contribution in [1.29, 1.82) is 0 Å². The number of nitrogens with two attached hydrogens (primary N) is 1. The van der Waals surface area contributed by atoms with Crippen LogP contribution >= 0.6 is 0 Å². The number of hydrogen-bond donors (Lipinski definition) is 1. The molecule has 1 aromatic carbocycles. The van der Waals surface area contributed by atoms with Crippen molar-refractivity contribution in [3.63, 3.8) is 0 Å². The third-order valence-corrected chi connectivity index (χ3v) is 2.06. The largest absolute Gasteiger partial charge is 0.444 e. The average molecular weight is 188 g/mol. The van der Waals surface area contributed by atoms with Crippen molar-refractivity contribution in [1.82, 2.24) is 4.98 Å². The third-order valence-electron chi connectivity index (χ3n) is 2.06. The van der Waals surface area contributed by atoms with Gasteiger partial charge in [0, 0.05) is 0 Å². The topological polar surface area (TPSA) is 52.0 Å². The van der Waals surface area contributed by atoms with Gasteiger partial charge in [-0.25, -0.2) is 4.98 Å². The van der Waals surface area contributed by atoms with Gasteiger partial charge < -0.3 is 10.2 Å². The fourth-order valence-electron chi connectivity index (χ4n) is 1.32. The zero-order valence-corrected chi connectivity index (χ0v) is 7.97. The minimum atomic E-state index is -0.273. The van der Waals surface area contributed by atoms with Crippen molar-refractivity contribution in [2.75, 3.05) is 0 Å². The number of oxazole rings is 1. The smallest absolute Gasteiger partial charge is 0.215 e. The highest BCUT2D eigenvalue weighted by molar-refractivity contribution is 5.23. The molecule has 0 aliphatic carbocycles. The van der Waals surface area contributed by atoms with Crippen LogP contribution in [0.3, 0.4) is 0 Å². The molecule has 2 rings (SSSR count). The Balaban J connectivity index is 2.29. The minimum absolute atomic E-state index is 0.273. The monoisotopic (exact) mass is 188 g/mol. The Bertz CT molecular complexity index is 408. The van der Waals surface area contributed by atoms with E-state index in [1.807, 2.05) is 37.3 Å². The van der Waals surface area contributed by atoms with Crippen molar-refractivity contribution >= 4 is 0 Å². The van der Waals surface area contributed by atoms with Crippen molar-refractivity contribution in [2.45, 2.75) is 13.0 Å². The van der Waals surface area contributed by atoms with E-state index < -0.39 is 0 Å². The van der Waals surface area contributed by atoms with Crippen molar-refractivity contribution in [3.05, 3.63) is 53.7 Å². The molecule has 0 bridgehead atoms. The molecule has 0 saturated heterocycles. The lowest BCUT2D eigenvalue weighted by Gasteiger charge is -2.06. The zero-order valence-electron chi connectivity index (χ0n) is 7.97. The summed E-state index contributed by atoms with van der Waals surface area (Å²) < 4.78 is 5.36. The Morgan fingerprint density at radius 1 is 1.29 bits per heavy atom. The van der Waals surface area contributed by atoms with E-state index in [0.717, 1.165) is 11.3 Å². The Kier molecular flexibility index (Phi) is 2.33. The second-order valence-electron chi connectivity index (χ2n) is 3.20. The number of hydrogen-bond acceptors (Lipinski definition) is 3. The molecule has 0 amide bonds. The van der Waals surface area contributed by atoms with Crippen LogP contribution in [0.4, 0.5) is 0 Å². The summed E-state index contributed by atoms with van der Waals surface area (Å²) in [6, 6.07) is 9.51. The number of aryl methyl sites for hydroxylation is 1. The first-order chi connectivity index (χ1) is 6.77. The summed E-state index contributed by atoms with van der Waals surface area (Å²) in [5, 5.41) is 0. The first-order valence-corrected chi connectivity index (χ1v) is 4.50. The van der Waals surface area contributed by atoms with Gasteiger partial charge in [-0.05, 0) is 12.5 Å². The lowest BCUT2D eigenvalue weighted by atomic mass is 10.1. The molecule has 0 aliphatic rings. The average Bonchev–Trinajstić information content (AvgIpc) is 2.65. The van der Waals surface area contributed by atoms with Crippen LogP contribution in [0.5, 0.6) is 0 Å². The van der Waals surface area contributed by atoms with E-state index in [0.29, 0.717) is 5.89 Å². The number of rotatable bonds is 2. The fourth-order valence-corrected chi connectivity index (χ4v) is 1.32. The van der Waals surface area contributed by atoms with Gasteiger partial charge in [-0.3, -0.25) is 0 Å². The lowest BCUT2D eigenvalue weighted by Crippen LogP contribution is -2.11. The van der Waals surface area contributed by atoms with Gasteiger partial charge >= 0.3 is 0 Å². The quantitative estimate of drug-likeness (QED) is 0.784. The molecule has 2 N–H and O–H groups in total. The van der Waals surface area contributed by atoms with E-state index in [2.05, 4.69) is 4.98 Å². The van der Waals surface area contributed by atoms with Crippen molar-refractivity contribution in [2.24, 2.45) is 5.73 Å². The summed E-state index contributed by atoms with van der Waals surface area (Å²) in [5.41, 5.74) is 6.98. The molecule has 3 heteroatoms. The van der Waals surface area contributed by atoms with Crippen LogP contribution in [0.15, 0.2) is 40.9 Å². The standard InChI is InChI=1S/C11H12N2O/c1-8-7-13-11(14-8)10(12)9-5-3-2-4-6-9/h2-7,10H,12H2,1H3. The number of aromatic nitrogens is 1. The zero-order chi connectivity index (χ0) is 9.97. The molecule has 1 atom stereocenters. The predicted octanol–water partition coefficient (Wildman–Crippen LogP) is 2.03. The Labute approximate surface area is 82.6 Å². The summed E-state index contributed by atoms with van der Waals surface area (Å²) in [6.45, 7) is 1.86. The second-order valence-corrected chi connectivity index (χ2v) is 3.20. The Morgan fingerprint density at radius 3 is 2.57 bits per heavy atom. The maximum absolute atomic E-state index is 5.97. The van der Waals surface area contributed by atoms with E-state index >= 15 is 0 Å². The normalized spacial score (nSPS) is 12.7. The van der Waals surface area contributed by atoms with Gasteiger partial charge in [0.1, 0.15) is 11.8 Å². The summed E-state index contributed by atoms with van der Waals surface area (Å²) in [7, 11) is 0. The molecule has 0 aliphatic heterocycles. The van der Waals surface area contributed by atoms with E-state index in [9.17, 15) is 0 Å². The summed E-state index contributed by atoms with van der Waals surface area (Å²) >= 11 is 0. The van der Waals surface area contributed by atoms with Crippen LogP contribution in [-0.4, -0.2) is 4.98 Å². The molecular weight excluding hydrogens is 176 g/mol. The first-order valence-electron chi connectivity index (χ1n) is 4.50. The molecule has 72 valence electrons. The highest BCUT2D eigenvalue weighted by Crippen LogP contribution is 2.18. The third kappa shape index (κ3) is 1.67. The molecule has 1 heterocycles. The molecule has 0 spiro atoms. The highest BCUT2D eigenvalue weighted by Gasteiger charge is 2.13. The van der Waals surface area contributed by atoms with Gasteiger partial charge in [-0.1, -0.05) is 30.3 Å². The van der Waals surface area contributed by atoms with Crippen LogP contribution in [0.2, 0.25) is 0 Å². The van der Waals surface area contributed by atoms with Crippen molar-refractivity contribution in [3.8, 4) is 0 Å². The highest BCUT2D eigenvalue weighted by atomic mass is 16.4. The molecule has 1 unspecified atom stereocenters. The molecule has 0 radical (unpaired) electrons. The molecular formula is C11H12N2O. The van der Waals surface area contributed by atoms with E-state index in [1.54, 1.807) is 6.20 Å². The summed E-state index contributed by atoms with van der Waals surface area (Å²) in [5.74, 6) is 1.35. The predicted molar refractivity (Wildman–Crippen MR) is 53.7 cm³/mol. The molecule has 2 aromatic rings. The lowest BCUT2D eigenvalue weighted by molar-refractivity contribution is 0.453. The van der Waals surface area contributed by atoms with Gasteiger partial charge in [0.05, 0.1) is 6.20 Å². The SMILES string of the molecule is Cc1cnc(C(N)c2ccccc2)o1. The van der Waals surface area contributed by atoms with Gasteiger partial charge in [0.15, 0.2) is 0 Å². The second kappa shape index (κ2) is 3.64. The van der Waals surface area contributed by atoms with Gasteiger partial charge in [-0.2, -0.15) is 0 Å². The van der Waals surface area contributed by atoms with Crippen LogP contribution < -0.4 is 5.73 Å². The fraction of sp³-hybridized carbons (Fsp3) is 0.182. The Hall–Kier alpha value is -1.61. The van der Waals surface area contributed by atoms with Crippen molar-refractivity contribution < 1.29 is 4.42 Å². The number of benzene rings is 1. The Morgan fingerprint density at radius 2 is 2.00 bits per heavy atom. The van der Waals surface area contributed by atoms with Gasteiger partial charge in [-0.15, -0.1) is 0 Å². The van der Waals surface area contributed by atoms with Gasteiger partial charge in [0.2, 0.25) is 5.89 Å². The van der Waals surface area contributed by atoms with Gasteiger partial charge in [0.25, 0.3) is 0 Å². The molecule has 1 aromatic heterocycles. The van der Waals surface area contributed by atoms with Crippen LogP contribution in [0.25, 0.3) is 0 Å². The number of nitrogens with zero attached hydrogens (tertiary/aromatic N) is 1. The summed E-state index contributed by atoms with van der Waals surface area (Å²) in [6.07, 6.45) is 1.68. The molecule has 0 fully saturated rings. The van der Waals surface area contributed by atoms with Crippen LogP contribution in [-0.2, 0) is 0 Å². The minimum Gasteiger partial charge on any atom is -0.444 e. The molecule has 0 saturated carbocycles. The van der Waals surface area contributed by atoms with E-state index in [4.69, 9.17) is 10.2 Å². The van der Waals surface area contributed by atoms with Crippen LogP contribution in [0, 0.1) is 6.92 Å².